The highest BCUT2D eigenvalue weighted by Gasteiger charge is 2.23. The van der Waals surface area contributed by atoms with Crippen LogP contribution in [0.1, 0.15) is 45.6 Å². The van der Waals surface area contributed by atoms with Gasteiger partial charge in [0.25, 0.3) is 0 Å². The van der Waals surface area contributed by atoms with Crippen LogP contribution in [-0.2, 0) is 12.8 Å². The lowest BCUT2D eigenvalue weighted by atomic mass is 9.88. The lowest BCUT2D eigenvalue weighted by Crippen LogP contribution is -2.24. The maximum absolute atomic E-state index is 11.6. The number of nitrogens with zero attached hydrogens (tertiary/aromatic N) is 1. The highest BCUT2D eigenvalue weighted by atomic mass is 16.1. The first-order valence-corrected chi connectivity index (χ1v) is 8.54. The van der Waals surface area contributed by atoms with E-state index in [0.29, 0.717) is 5.56 Å². The van der Waals surface area contributed by atoms with Crippen molar-refractivity contribution >= 4 is 11.5 Å². The summed E-state index contributed by atoms with van der Waals surface area (Å²) in [5, 5.41) is 3.43. The van der Waals surface area contributed by atoms with Crippen molar-refractivity contribution < 1.29 is 4.79 Å². The lowest BCUT2D eigenvalue weighted by molar-refractivity contribution is 0.1000. The molecule has 3 N–H and O–H groups in total. The minimum Gasteiger partial charge on any atom is -0.366 e. The zero-order valence-electron chi connectivity index (χ0n) is 13.6. The molecule has 2 aromatic rings. The number of pyridine rings is 1. The molecule has 1 fully saturated rings. The van der Waals surface area contributed by atoms with Gasteiger partial charge in [-0.1, -0.05) is 17.7 Å². The molecule has 1 aliphatic carbocycles. The van der Waals surface area contributed by atoms with Gasteiger partial charge in [0.2, 0.25) is 5.91 Å². The minimum atomic E-state index is -0.367. The Morgan fingerprint density at radius 3 is 2.62 bits per heavy atom. The molecule has 1 aromatic carbocycles. The molecule has 4 nitrogen and oxygen atoms in total. The molecule has 0 saturated carbocycles. The van der Waals surface area contributed by atoms with Crippen molar-refractivity contribution in [2.24, 2.45) is 5.73 Å². The van der Waals surface area contributed by atoms with E-state index in [0.717, 1.165) is 44.5 Å². The summed E-state index contributed by atoms with van der Waals surface area (Å²) < 4.78 is 0. The van der Waals surface area contributed by atoms with E-state index in [1.807, 2.05) is 24.4 Å². The van der Waals surface area contributed by atoms with Gasteiger partial charge in [-0.3, -0.25) is 9.78 Å². The second-order valence-electron chi connectivity index (χ2n) is 6.48. The summed E-state index contributed by atoms with van der Waals surface area (Å²) in [7, 11) is 0. The maximum atomic E-state index is 11.6. The van der Waals surface area contributed by atoms with Gasteiger partial charge in [0.05, 0.1) is 5.69 Å². The van der Waals surface area contributed by atoms with Gasteiger partial charge >= 0.3 is 0 Å². The SMILES string of the molecule is NC(=O)c1ccc2c(c1)CCc1cccnc1C2=C1CCNCC1. The number of hydrogen-bond donors (Lipinski definition) is 2. The van der Waals surface area contributed by atoms with Crippen molar-refractivity contribution in [1.82, 2.24) is 10.3 Å². The Bertz CT molecular complexity index is 831. The first-order chi connectivity index (χ1) is 11.7. The number of nitrogens with two attached hydrogens (primary N) is 1. The Morgan fingerprint density at radius 1 is 1.04 bits per heavy atom. The first-order valence-electron chi connectivity index (χ1n) is 8.54. The Morgan fingerprint density at radius 2 is 1.83 bits per heavy atom. The van der Waals surface area contributed by atoms with E-state index in [1.165, 1.54) is 27.8 Å². The fourth-order valence-electron chi connectivity index (χ4n) is 3.80. The molecule has 1 aliphatic heterocycles. The highest BCUT2D eigenvalue weighted by molar-refractivity contribution is 5.94. The summed E-state index contributed by atoms with van der Waals surface area (Å²) in [6.07, 6.45) is 5.81. The van der Waals surface area contributed by atoms with Crippen LogP contribution in [0.2, 0.25) is 0 Å². The van der Waals surface area contributed by atoms with Crippen LogP contribution in [0.15, 0.2) is 42.1 Å². The van der Waals surface area contributed by atoms with Gasteiger partial charge < -0.3 is 11.1 Å². The number of aromatic nitrogens is 1. The van der Waals surface area contributed by atoms with Crippen LogP contribution >= 0.6 is 0 Å². The number of hydrogen-bond acceptors (Lipinski definition) is 3. The first kappa shape index (κ1) is 15.1. The highest BCUT2D eigenvalue weighted by Crippen LogP contribution is 2.37. The van der Waals surface area contributed by atoms with Crippen molar-refractivity contribution in [1.29, 1.82) is 0 Å². The van der Waals surface area contributed by atoms with Gasteiger partial charge in [-0.25, -0.2) is 0 Å². The van der Waals surface area contributed by atoms with Crippen LogP contribution in [0.3, 0.4) is 0 Å². The Hall–Kier alpha value is -2.46. The minimum absolute atomic E-state index is 0.367. The standard InChI is InChI=1S/C20H21N3O/c21-20(24)16-5-6-17-15(12-16)4-3-14-2-1-9-23-19(14)18(17)13-7-10-22-11-8-13/h1-2,5-6,9,12,22H,3-4,7-8,10-11H2,(H2,21,24). The second kappa shape index (κ2) is 6.21. The van der Waals surface area contributed by atoms with E-state index in [9.17, 15) is 4.79 Å². The molecule has 4 heteroatoms. The topological polar surface area (TPSA) is 68.0 Å². The number of primary amides is 1. The van der Waals surface area contributed by atoms with Crippen molar-refractivity contribution in [2.75, 3.05) is 13.1 Å². The van der Waals surface area contributed by atoms with Crippen LogP contribution in [-0.4, -0.2) is 24.0 Å². The van der Waals surface area contributed by atoms with Crippen LogP contribution in [0.4, 0.5) is 0 Å². The zero-order chi connectivity index (χ0) is 16.5. The van der Waals surface area contributed by atoms with Gasteiger partial charge in [0, 0.05) is 17.3 Å². The van der Waals surface area contributed by atoms with Gasteiger partial charge in [0.15, 0.2) is 0 Å². The van der Waals surface area contributed by atoms with E-state index in [-0.39, 0.29) is 5.91 Å². The van der Waals surface area contributed by atoms with Gasteiger partial charge in [-0.05, 0) is 73.7 Å². The van der Waals surface area contributed by atoms with Crippen molar-refractivity contribution in [3.05, 3.63) is 70.0 Å². The molecule has 2 aliphatic rings. The Labute approximate surface area is 141 Å². The summed E-state index contributed by atoms with van der Waals surface area (Å²) in [5.41, 5.74) is 13.6. The maximum Gasteiger partial charge on any atom is 0.248 e. The number of carbonyl (C=O) groups is 1. The molecule has 1 aromatic heterocycles. The number of nitrogens with one attached hydrogen (secondary N) is 1. The predicted octanol–water partition coefficient (Wildman–Crippen LogP) is 2.46. The average molecular weight is 319 g/mol. The smallest absolute Gasteiger partial charge is 0.248 e. The summed E-state index contributed by atoms with van der Waals surface area (Å²) in [4.78, 5) is 16.3. The summed E-state index contributed by atoms with van der Waals surface area (Å²) in [6.45, 7) is 2.02. The fourth-order valence-corrected chi connectivity index (χ4v) is 3.80. The monoisotopic (exact) mass is 319 g/mol. The van der Waals surface area contributed by atoms with E-state index in [2.05, 4.69) is 17.4 Å². The molecule has 0 radical (unpaired) electrons. The molecule has 1 saturated heterocycles. The molecular weight excluding hydrogens is 298 g/mol. The average Bonchev–Trinajstić information content (AvgIpc) is 2.78. The molecule has 0 bridgehead atoms. The van der Waals surface area contributed by atoms with Gasteiger partial charge in [-0.15, -0.1) is 0 Å². The number of piperidine rings is 1. The number of amides is 1. The van der Waals surface area contributed by atoms with Crippen molar-refractivity contribution in [3.8, 4) is 0 Å². The number of benzene rings is 1. The second-order valence-corrected chi connectivity index (χ2v) is 6.48. The van der Waals surface area contributed by atoms with Crippen LogP contribution in [0.25, 0.3) is 5.57 Å². The van der Waals surface area contributed by atoms with Gasteiger partial charge in [-0.2, -0.15) is 0 Å². The summed E-state index contributed by atoms with van der Waals surface area (Å²) in [6, 6.07) is 10.0. The largest absolute Gasteiger partial charge is 0.366 e. The van der Waals surface area contributed by atoms with E-state index in [1.54, 1.807) is 0 Å². The van der Waals surface area contributed by atoms with Crippen molar-refractivity contribution in [3.63, 3.8) is 0 Å². The summed E-state index contributed by atoms with van der Waals surface area (Å²) in [5.74, 6) is -0.367. The van der Waals surface area contributed by atoms with Crippen LogP contribution in [0, 0.1) is 0 Å². The Balaban J connectivity index is 1.95. The van der Waals surface area contributed by atoms with Gasteiger partial charge in [0.1, 0.15) is 0 Å². The number of aryl methyl sites for hydroxylation is 2. The molecule has 0 spiro atoms. The lowest BCUT2D eigenvalue weighted by Gasteiger charge is -2.22. The van der Waals surface area contributed by atoms with Crippen molar-refractivity contribution in [2.45, 2.75) is 25.7 Å². The molecule has 24 heavy (non-hydrogen) atoms. The predicted molar refractivity (Wildman–Crippen MR) is 94.7 cm³/mol. The fraction of sp³-hybridized carbons (Fsp3) is 0.300. The van der Waals surface area contributed by atoms with Crippen LogP contribution in [0.5, 0.6) is 0 Å². The molecule has 1 amide bonds. The zero-order valence-corrected chi connectivity index (χ0v) is 13.6. The molecule has 0 unspecified atom stereocenters. The number of rotatable bonds is 1. The summed E-state index contributed by atoms with van der Waals surface area (Å²) >= 11 is 0. The molecule has 122 valence electrons. The molecule has 0 atom stereocenters. The quantitative estimate of drug-likeness (QED) is 0.848. The molecular formula is C20H21N3O. The number of carbonyl (C=O) groups excluding carboxylic acids is 1. The third-order valence-electron chi connectivity index (χ3n) is 5.01. The third kappa shape index (κ3) is 2.63. The normalized spacial score (nSPS) is 17.0. The van der Waals surface area contributed by atoms with E-state index < -0.39 is 0 Å². The third-order valence-corrected chi connectivity index (χ3v) is 5.01. The molecule has 4 rings (SSSR count). The van der Waals surface area contributed by atoms with Crippen LogP contribution < -0.4 is 11.1 Å². The number of fused-ring (bicyclic) bond motifs is 2. The van der Waals surface area contributed by atoms with E-state index in [4.69, 9.17) is 10.7 Å². The molecule has 2 heterocycles. The Kier molecular flexibility index (Phi) is 3.90. The van der Waals surface area contributed by atoms with E-state index >= 15 is 0 Å².